The van der Waals surface area contributed by atoms with E-state index in [1.165, 1.54) is 0 Å². The highest BCUT2D eigenvalue weighted by Crippen LogP contribution is 2.10. The number of nitrogens with zero attached hydrogens (tertiary/aromatic N) is 3. The first-order valence-electron chi connectivity index (χ1n) is 20.9. The third-order valence-corrected chi connectivity index (χ3v) is 9.15. The van der Waals surface area contributed by atoms with Crippen molar-refractivity contribution in [1.29, 1.82) is 0 Å². The minimum Gasteiger partial charge on any atom is -0.481 e. The van der Waals surface area contributed by atoms with E-state index in [1.54, 1.807) is 0 Å². The largest absolute Gasteiger partial charge is 0.481 e. The maximum absolute atomic E-state index is 13.7. The van der Waals surface area contributed by atoms with Crippen molar-refractivity contribution < 1.29 is 112 Å². The molecule has 0 aromatic rings. The number of aliphatic carboxylic acids is 7. The Labute approximate surface area is 395 Å². The van der Waals surface area contributed by atoms with Crippen LogP contribution in [0.2, 0.25) is 0 Å². The second-order valence-corrected chi connectivity index (χ2v) is 14.6. The van der Waals surface area contributed by atoms with Crippen molar-refractivity contribution in [2.24, 2.45) is 5.11 Å². The highest BCUT2D eigenvalue weighted by Gasteiger charge is 2.35. The molecule has 390 valence electrons. The number of hydrogen-bond acceptors (Lipinski definition) is 17. The number of rotatable bonds is 40. The first-order valence-corrected chi connectivity index (χ1v) is 20.9. The number of hydrogen-bond donors (Lipinski definition) is 13. The maximum Gasteiger partial charge on any atom is 0.374 e. The van der Waals surface area contributed by atoms with E-state index in [1.807, 2.05) is 10.6 Å². The summed E-state index contributed by atoms with van der Waals surface area (Å²) >= 11 is 0. The van der Waals surface area contributed by atoms with Crippen LogP contribution in [0.4, 0.5) is 0 Å². The molecular formula is C38H55N9O23. The average molecular weight is 1010 g/mol. The lowest BCUT2D eigenvalue weighted by Gasteiger charge is -2.27. The Bertz CT molecular complexity index is 1960. The Morgan fingerprint density at radius 1 is 0.386 bits per heavy atom. The summed E-state index contributed by atoms with van der Waals surface area (Å²) in [5.41, 5.74) is 8.26. The van der Waals surface area contributed by atoms with Gasteiger partial charge in [-0.1, -0.05) is 5.11 Å². The number of carbonyl (C=O) groups excluding carboxylic acids is 7. The summed E-state index contributed by atoms with van der Waals surface area (Å²) in [6.07, 6.45) is -9.84. The van der Waals surface area contributed by atoms with Crippen molar-refractivity contribution in [2.45, 2.75) is 120 Å². The molecule has 0 bridgehead atoms. The third kappa shape index (κ3) is 28.9. The molecule has 0 fully saturated rings. The van der Waals surface area contributed by atoms with Gasteiger partial charge >= 0.3 is 41.8 Å². The van der Waals surface area contributed by atoms with E-state index in [-0.39, 0.29) is 39.4 Å². The molecule has 0 aliphatic rings. The van der Waals surface area contributed by atoms with Crippen LogP contribution in [0.5, 0.6) is 0 Å². The molecule has 0 aliphatic carbocycles. The smallest absolute Gasteiger partial charge is 0.374 e. The Hall–Kier alpha value is -7.99. The zero-order valence-corrected chi connectivity index (χ0v) is 37.2. The molecule has 0 aromatic heterocycles. The summed E-state index contributed by atoms with van der Waals surface area (Å²) in [6, 6.07) is -11.5. The lowest BCUT2D eigenvalue weighted by molar-refractivity contribution is -0.151. The van der Waals surface area contributed by atoms with E-state index in [0.717, 1.165) is 0 Å². The number of carbonyl (C=O) groups is 14. The Balaban J connectivity index is 6.55. The normalized spacial score (nSPS) is 13.1. The molecule has 0 spiro atoms. The molecular weight excluding hydrogens is 950 g/mol. The minimum atomic E-state index is -2.10. The van der Waals surface area contributed by atoms with Gasteiger partial charge in [-0.2, -0.15) is 0 Å². The first kappa shape index (κ1) is 62.0. The second kappa shape index (κ2) is 34.3. The van der Waals surface area contributed by atoms with E-state index in [9.17, 15) is 92.7 Å². The molecule has 0 aromatic carbocycles. The van der Waals surface area contributed by atoms with Gasteiger partial charge in [0.15, 0.2) is 0 Å². The molecule has 6 amide bonds. The highest BCUT2D eigenvalue weighted by atomic mass is 16.5. The Morgan fingerprint density at radius 3 is 0.943 bits per heavy atom. The van der Waals surface area contributed by atoms with E-state index in [4.69, 9.17) is 25.2 Å². The van der Waals surface area contributed by atoms with Gasteiger partial charge in [0.2, 0.25) is 35.4 Å². The molecule has 70 heavy (non-hydrogen) atoms. The Kier molecular flexibility index (Phi) is 30.4. The van der Waals surface area contributed by atoms with Gasteiger partial charge in [0.25, 0.3) is 5.78 Å². The fourth-order valence-electron chi connectivity index (χ4n) is 5.63. The summed E-state index contributed by atoms with van der Waals surface area (Å²) < 4.78 is 10.4. The number of nitrogens with one attached hydrogen (secondary N) is 6. The SMILES string of the molecule is [N-]=[N+]=NCCOCCOCCC(=O)N[C@@H](CCC(=O)O)C(=O)N[C@@H](CCC(=O)O)C(=O)N[C@@H](CCC(=O)O)C(=O)N[C@@H](CCC(=O)O)C(=O)N[C@@H](CCC(=O)O)C(=O)N[C@@H](CCC(=O)O)C(=O)C(=O)O. The van der Waals surface area contributed by atoms with Crippen molar-refractivity contribution in [1.82, 2.24) is 31.9 Å². The van der Waals surface area contributed by atoms with Gasteiger partial charge in [-0.15, -0.1) is 0 Å². The monoisotopic (exact) mass is 1010 g/mol. The van der Waals surface area contributed by atoms with Gasteiger partial charge in [0, 0.05) is 56.4 Å². The van der Waals surface area contributed by atoms with Crippen LogP contribution in [-0.2, 0) is 76.6 Å². The quantitative estimate of drug-likeness (QED) is 0.00930. The van der Waals surface area contributed by atoms with Gasteiger partial charge in [0.05, 0.1) is 32.5 Å². The van der Waals surface area contributed by atoms with Crippen LogP contribution < -0.4 is 31.9 Å². The number of ether oxygens (including phenoxy) is 2. The zero-order chi connectivity index (χ0) is 53.3. The minimum absolute atomic E-state index is 0.00308. The number of azide groups is 1. The van der Waals surface area contributed by atoms with Gasteiger partial charge in [-0.25, -0.2) is 4.79 Å². The van der Waals surface area contributed by atoms with Crippen molar-refractivity contribution in [3.8, 4) is 0 Å². The van der Waals surface area contributed by atoms with Crippen LogP contribution in [0.1, 0.15) is 83.5 Å². The summed E-state index contributed by atoms with van der Waals surface area (Å²) in [6.45, 7) is 0.0141. The Morgan fingerprint density at radius 2 is 0.657 bits per heavy atom. The van der Waals surface area contributed by atoms with Gasteiger partial charge in [-0.3, -0.25) is 62.3 Å². The lowest BCUT2D eigenvalue weighted by atomic mass is 10.0. The predicted molar refractivity (Wildman–Crippen MR) is 226 cm³/mol. The second-order valence-electron chi connectivity index (χ2n) is 14.6. The van der Waals surface area contributed by atoms with Crippen molar-refractivity contribution in [3.63, 3.8) is 0 Å². The van der Waals surface area contributed by atoms with E-state index in [0.29, 0.717) is 0 Å². The van der Waals surface area contributed by atoms with Crippen molar-refractivity contribution in [2.75, 3.05) is 33.0 Å². The molecule has 32 heteroatoms. The van der Waals surface area contributed by atoms with Crippen molar-refractivity contribution >= 4 is 83.0 Å². The van der Waals surface area contributed by atoms with Crippen LogP contribution in [0.15, 0.2) is 5.11 Å². The summed E-state index contributed by atoms with van der Waals surface area (Å²) in [7, 11) is 0. The van der Waals surface area contributed by atoms with Crippen LogP contribution in [-0.4, -0.2) is 188 Å². The summed E-state index contributed by atoms with van der Waals surface area (Å²) in [5, 5.41) is 80.6. The number of amides is 6. The number of carboxylic acids is 7. The van der Waals surface area contributed by atoms with Crippen LogP contribution in [0, 0.1) is 0 Å². The van der Waals surface area contributed by atoms with Gasteiger partial charge < -0.3 is 77.1 Å². The van der Waals surface area contributed by atoms with Crippen molar-refractivity contribution in [3.05, 3.63) is 10.4 Å². The molecule has 32 nitrogen and oxygen atoms in total. The standard InChI is InChI=1S/C38H55N9O23/c39-47-40-14-16-70-18-17-69-15-13-25(48)41-20(2-8-27(51)52)33(62)43-22(4-10-29(55)56)35(64)45-24(6-12-31(59)60)37(66)46-23(5-11-30(57)58)36(65)44-21(3-9-28(53)54)34(63)42-19(1-7-26(49)50)32(61)38(67)68/h19-24H,1-18H2,(H,41,48)(H,42,63)(H,43,62)(H,44,65)(H,45,64)(H,46,66)(H,49,50)(H,51,52)(H,53,54)(H,55,56)(H,57,58)(H,59,60)(H,67,68)/t19-,20-,21-,22-,23-,24-/m0/s1. The fraction of sp³-hybridized carbons (Fsp3) is 0.632. The summed E-state index contributed by atoms with van der Waals surface area (Å²) in [5.74, 6) is -20.5. The highest BCUT2D eigenvalue weighted by molar-refractivity contribution is 6.35. The zero-order valence-electron chi connectivity index (χ0n) is 37.2. The lowest BCUT2D eigenvalue weighted by Crippen LogP contribution is -2.59. The fourth-order valence-corrected chi connectivity index (χ4v) is 5.63. The molecule has 13 N–H and O–H groups in total. The first-order chi connectivity index (χ1) is 32.9. The molecule has 0 saturated carbocycles. The number of carboxylic acid groups (broad SMARTS) is 7. The van der Waals surface area contributed by atoms with Gasteiger partial charge in [-0.05, 0) is 44.1 Å². The van der Waals surface area contributed by atoms with E-state index < -0.39 is 196 Å². The molecule has 0 heterocycles. The predicted octanol–water partition coefficient (Wildman–Crippen LogP) is -3.53. The number of Topliss-reactive ketones (excluding diaryl/α,β-unsaturated/α-hetero) is 1. The molecule has 0 radical (unpaired) electrons. The molecule has 0 rings (SSSR count). The summed E-state index contributed by atoms with van der Waals surface area (Å²) in [4.78, 5) is 175. The molecule has 0 saturated heterocycles. The van der Waals surface area contributed by atoms with Crippen LogP contribution in [0.25, 0.3) is 10.4 Å². The van der Waals surface area contributed by atoms with E-state index in [2.05, 4.69) is 31.3 Å². The molecule has 0 aliphatic heterocycles. The van der Waals surface area contributed by atoms with Crippen LogP contribution in [0.3, 0.4) is 0 Å². The van der Waals surface area contributed by atoms with Gasteiger partial charge in [0.1, 0.15) is 30.2 Å². The topological polar surface area (TPSA) is 520 Å². The van der Waals surface area contributed by atoms with Crippen LogP contribution >= 0.6 is 0 Å². The molecule has 0 unspecified atom stereocenters. The van der Waals surface area contributed by atoms with E-state index >= 15 is 0 Å². The molecule has 6 atom stereocenters. The number of ketones is 1. The average Bonchev–Trinajstić information content (AvgIpc) is 3.27. The third-order valence-electron chi connectivity index (χ3n) is 9.15. The maximum atomic E-state index is 13.7.